The Morgan fingerprint density at radius 1 is 1.33 bits per heavy atom. The molecule has 0 amide bonds. The summed E-state index contributed by atoms with van der Waals surface area (Å²) in [6.07, 6.45) is 2.29. The van der Waals surface area contributed by atoms with Crippen molar-refractivity contribution >= 4 is 0 Å². The second-order valence-corrected chi connectivity index (χ2v) is 4.53. The first kappa shape index (κ1) is 14.5. The van der Waals surface area contributed by atoms with Crippen molar-refractivity contribution < 1.29 is 4.74 Å². The standard InChI is InChI=1S/C15H22N2O/c1-5-14(6-2)17(3)11-12-7-8-15(18-4)13(9-12)10-16/h7-9,14H,5-6,11H2,1-4H3. The number of methoxy groups -OCH3 is 1. The molecule has 0 aliphatic rings. The maximum atomic E-state index is 9.07. The fourth-order valence-corrected chi connectivity index (χ4v) is 2.27. The van der Waals surface area contributed by atoms with Crippen molar-refractivity contribution in [3.63, 3.8) is 0 Å². The third-order valence-corrected chi connectivity index (χ3v) is 3.38. The minimum absolute atomic E-state index is 0.595. The van der Waals surface area contributed by atoms with Crippen LogP contribution >= 0.6 is 0 Å². The molecule has 3 heteroatoms. The van der Waals surface area contributed by atoms with Crippen LogP contribution < -0.4 is 4.74 Å². The van der Waals surface area contributed by atoms with Crippen molar-refractivity contribution in [3.8, 4) is 11.8 Å². The Morgan fingerprint density at radius 3 is 2.50 bits per heavy atom. The van der Waals surface area contributed by atoms with Crippen molar-refractivity contribution in [1.82, 2.24) is 4.90 Å². The molecular weight excluding hydrogens is 224 g/mol. The number of nitriles is 1. The molecule has 0 unspecified atom stereocenters. The highest BCUT2D eigenvalue weighted by Crippen LogP contribution is 2.20. The molecule has 1 aromatic carbocycles. The lowest BCUT2D eigenvalue weighted by Gasteiger charge is -2.26. The summed E-state index contributed by atoms with van der Waals surface area (Å²) in [6, 6.07) is 8.58. The first-order valence-corrected chi connectivity index (χ1v) is 6.43. The molecule has 0 aliphatic carbocycles. The van der Waals surface area contributed by atoms with E-state index in [1.807, 2.05) is 18.2 Å². The van der Waals surface area contributed by atoms with Crippen molar-refractivity contribution in [2.24, 2.45) is 0 Å². The Bertz CT molecular complexity index is 419. The lowest BCUT2D eigenvalue weighted by molar-refractivity contribution is 0.221. The van der Waals surface area contributed by atoms with Crippen molar-refractivity contribution in [2.45, 2.75) is 39.3 Å². The zero-order valence-corrected chi connectivity index (χ0v) is 11.7. The highest BCUT2D eigenvalue weighted by Gasteiger charge is 2.11. The second-order valence-electron chi connectivity index (χ2n) is 4.53. The quantitative estimate of drug-likeness (QED) is 0.773. The van der Waals surface area contributed by atoms with Crippen LogP contribution in [0.2, 0.25) is 0 Å². The molecule has 0 bridgehead atoms. The SMILES string of the molecule is CCC(CC)N(C)Cc1ccc(OC)c(C#N)c1. The molecule has 0 saturated carbocycles. The molecule has 0 atom stereocenters. The van der Waals surface area contributed by atoms with Gasteiger partial charge in [-0.3, -0.25) is 4.90 Å². The first-order valence-electron chi connectivity index (χ1n) is 6.43. The summed E-state index contributed by atoms with van der Waals surface area (Å²) in [5, 5.41) is 9.07. The smallest absolute Gasteiger partial charge is 0.136 e. The third kappa shape index (κ3) is 3.48. The molecule has 98 valence electrons. The van der Waals surface area contributed by atoms with E-state index in [0.29, 0.717) is 17.4 Å². The van der Waals surface area contributed by atoms with Crippen LogP contribution in [-0.4, -0.2) is 25.1 Å². The number of benzene rings is 1. The summed E-state index contributed by atoms with van der Waals surface area (Å²) in [4.78, 5) is 2.34. The lowest BCUT2D eigenvalue weighted by atomic mass is 10.1. The maximum Gasteiger partial charge on any atom is 0.136 e. The summed E-state index contributed by atoms with van der Waals surface area (Å²) >= 11 is 0. The van der Waals surface area contributed by atoms with Gasteiger partial charge in [-0.1, -0.05) is 19.9 Å². The van der Waals surface area contributed by atoms with E-state index in [4.69, 9.17) is 10.00 Å². The van der Waals surface area contributed by atoms with E-state index >= 15 is 0 Å². The molecular formula is C15H22N2O. The molecule has 0 N–H and O–H groups in total. The minimum atomic E-state index is 0.595. The molecule has 1 aromatic rings. The molecule has 1 rings (SSSR count). The minimum Gasteiger partial charge on any atom is -0.495 e. The summed E-state index contributed by atoms with van der Waals surface area (Å²) in [6.45, 7) is 5.28. The molecule has 0 aromatic heterocycles. The second kappa shape index (κ2) is 7.03. The van der Waals surface area contributed by atoms with Gasteiger partial charge in [0.1, 0.15) is 11.8 Å². The molecule has 3 nitrogen and oxygen atoms in total. The molecule has 0 saturated heterocycles. The normalized spacial score (nSPS) is 10.7. The number of rotatable bonds is 6. The molecule has 18 heavy (non-hydrogen) atoms. The van der Waals surface area contributed by atoms with Crippen molar-refractivity contribution in [3.05, 3.63) is 29.3 Å². The summed E-state index contributed by atoms with van der Waals surface area (Å²) in [7, 11) is 3.72. The Kier molecular flexibility index (Phi) is 5.67. The van der Waals surface area contributed by atoms with E-state index in [-0.39, 0.29) is 0 Å². The molecule has 0 spiro atoms. The fourth-order valence-electron chi connectivity index (χ4n) is 2.27. The number of ether oxygens (including phenoxy) is 1. The highest BCUT2D eigenvalue weighted by atomic mass is 16.5. The summed E-state index contributed by atoms with van der Waals surface area (Å²) < 4.78 is 5.15. The van der Waals surface area contributed by atoms with E-state index in [1.54, 1.807) is 7.11 Å². The Labute approximate surface area is 110 Å². The van der Waals surface area contributed by atoms with Crippen LogP contribution in [0.25, 0.3) is 0 Å². The lowest BCUT2D eigenvalue weighted by Crippen LogP contribution is -2.29. The van der Waals surface area contributed by atoms with Gasteiger partial charge in [-0.25, -0.2) is 0 Å². The number of hydrogen-bond donors (Lipinski definition) is 0. The van der Waals surface area contributed by atoms with Gasteiger partial charge in [0, 0.05) is 12.6 Å². The van der Waals surface area contributed by atoms with Gasteiger partial charge in [0.2, 0.25) is 0 Å². The van der Waals surface area contributed by atoms with Gasteiger partial charge in [-0.2, -0.15) is 5.26 Å². The van der Waals surface area contributed by atoms with E-state index in [0.717, 1.165) is 24.9 Å². The van der Waals surface area contributed by atoms with Crippen LogP contribution in [-0.2, 0) is 6.54 Å². The van der Waals surface area contributed by atoms with Gasteiger partial charge in [-0.15, -0.1) is 0 Å². The molecule has 0 fully saturated rings. The van der Waals surface area contributed by atoms with Crippen LogP contribution in [0.4, 0.5) is 0 Å². The van der Waals surface area contributed by atoms with Crippen LogP contribution in [0.3, 0.4) is 0 Å². The predicted octanol–water partition coefficient (Wildman–Crippen LogP) is 3.19. The monoisotopic (exact) mass is 246 g/mol. The maximum absolute atomic E-state index is 9.07. The van der Waals surface area contributed by atoms with Gasteiger partial charge >= 0.3 is 0 Å². The van der Waals surface area contributed by atoms with Gasteiger partial charge in [0.15, 0.2) is 0 Å². The molecule has 0 aliphatic heterocycles. The van der Waals surface area contributed by atoms with E-state index in [9.17, 15) is 0 Å². The van der Waals surface area contributed by atoms with Crippen LogP contribution in [0.5, 0.6) is 5.75 Å². The highest BCUT2D eigenvalue weighted by molar-refractivity contribution is 5.45. The molecule has 0 heterocycles. The average molecular weight is 246 g/mol. The van der Waals surface area contributed by atoms with E-state index < -0.39 is 0 Å². The van der Waals surface area contributed by atoms with Gasteiger partial charge in [0.05, 0.1) is 12.7 Å². The Balaban J connectivity index is 2.83. The number of nitrogens with zero attached hydrogens (tertiary/aromatic N) is 2. The topological polar surface area (TPSA) is 36.3 Å². The zero-order chi connectivity index (χ0) is 13.5. The first-order chi connectivity index (χ1) is 8.65. The Morgan fingerprint density at radius 2 is 2.00 bits per heavy atom. The van der Waals surface area contributed by atoms with Gasteiger partial charge in [0.25, 0.3) is 0 Å². The summed E-state index contributed by atoms with van der Waals surface area (Å²) in [5.74, 6) is 0.645. The van der Waals surface area contributed by atoms with E-state index in [1.165, 1.54) is 0 Å². The predicted molar refractivity (Wildman–Crippen MR) is 73.5 cm³/mol. The van der Waals surface area contributed by atoms with Crippen LogP contribution in [0.1, 0.15) is 37.8 Å². The van der Waals surface area contributed by atoms with Gasteiger partial charge < -0.3 is 4.74 Å². The van der Waals surface area contributed by atoms with Crippen LogP contribution in [0.15, 0.2) is 18.2 Å². The van der Waals surface area contributed by atoms with Gasteiger partial charge in [-0.05, 0) is 37.6 Å². The van der Waals surface area contributed by atoms with Crippen molar-refractivity contribution in [1.29, 1.82) is 5.26 Å². The fraction of sp³-hybridized carbons (Fsp3) is 0.533. The largest absolute Gasteiger partial charge is 0.495 e. The zero-order valence-electron chi connectivity index (χ0n) is 11.7. The Hall–Kier alpha value is -1.53. The molecule has 0 radical (unpaired) electrons. The van der Waals surface area contributed by atoms with Crippen LogP contribution in [0, 0.1) is 11.3 Å². The van der Waals surface area contributed by atoms with E-state index in [2.05, 4.69) is 31.9 Å². The summed E-state index contributed by atoms with van der Waals surface area (Å²) in [5.41, 5.74) is 1.76. The third-order valence-electron chi connectivity index (χ3n) is 3.38. The number of hydrogen-bond acceptors (Lipinski definition) is 3. The van der Waals surface area contributed by atoms with Crippen molar-refractivity contribution in [2.75, 3.05) is 14.2 Å². The average Bonchev–Trinajstić information content (AvgIpc) is 2.40.